The number of imidazole rings is 1. The molecule has 150 valence electrons. The van der Waals surface area contributed by atoms with Gasteiger partial charge in [0.25, 0.3) is 0 Å². The van der Waals surface area contributed by atoms with Gasteiger partial charge in [0.1, 0.15) is 35.3 Å². The molecule has 1 N–H and O–H groups in total. The van der Waals surface area contributed by atoms with Gasteiger partial charge in [-0.2, -0.15) is 5.26 Å². The summed E-state index contributed by atoms with van der Waals surface area (Å²) in [5.41, 5.74) is 4.70. The molecule has 3 heterocycles. The molecule has 0 saturated heterocycles. The zero-order chi connectivity index (χ0) is 20.8. The second-order valence-corrected chi connectivity index (χ2v) is 7.33. The number of rotatable bonds is 3. The predicted octanol–water partition coefficient (Wildman–Crippen LogP) is 4.48. The number of aryl methyl sites for hydroxylation is 1. The number of nitrogens with one attached hydrogen (secondary N) is 1. The van der Waals surface area contributed by atoms with Gasteiger partial charge >= 0.3 is 0 Å². The minimum Gasteiger partial charge on any atom is -0.495 e. The van der Waals surface area contributed by atoms with Crippen molar-refractivity contribution in [3.63, 3.8) is 0 Å². The molecule has 2 aromatic heterocycles. The summed E-state index contributed by atoms with van der Waals surface area (Å²) in [7, 11) is 1.56. The number of benzene rings is 2. The highest BCUT2D eigenvalue weighted by molar-refractivity contribution is 5.92. The van der Waals surface area contributed by atoms with Crippen LogP contribution in [0.3, 0.4) is 0 Å². The van der Waals surface area contributed by atoms with Gasteiger partial charge in [-0.05, 0) is 48.4 Å². The topological polar surface area (TPSA) is 75.9 Å². The van der Waals surface area contributed by atoms with Crippen LogP contribution in [0.15, 0.2) is 42.6 Å². The fourth-order valence-electron chi connectivity index (χ4n) is 4.08. The number of hydrogen-bond acceptors (Lipinski definition) is 4. The molecule has 0 amide bonds. The maximum absolute atomic E-state index is 13.6. The first-order chi connectivity index (χ1) is 14.6. The number of fused-ring (bicyclic) bond motifs is 2. The third-order valence-electron chi connectivity index (χ3n) is 5.53. The monoisotopic (exact) mass is 402 g/mol. The largest absolute Gasteiger partial charge is 0.495 e. The van der Waals surface area contributed by atoms with Gasteiger partial charge in [0.2, 0.25) is 0 Å². The number of methoxy groups -OCH3 is 1. The molecule has 0 spiro atoms. The van der Waals surface area contributed by atoms with Crippen LogP contribution in [0.25, 0.3) is 22.3 Å². The van der Waals surface area contributed by atoms with E-state index in [9.17, 15) is 9.65 Å². The molecule has 2 aromatic carbocycles. The highest BCUT2D eigenvalue weighted by Gasteiger charge is 2.27. The number of aromatic amines is 1. The molecule has 7 heteroatoms. The van der Waals surface area contributed by atoms with Crippen LogP contribution in [0.1, 0.15) is 28.6 Å². The number of nitriles is 1. The van der Waals surface area contributed by atoms with Crippen LogP contribution < -0.4 is 4.74 Å². The lowest BCUT2D eigenvalue weighted by Crippen LogP contribution is -2.23. The van der Waals surface area contributed by atoms with Gasteiger partial charge in [-0.15, -0.1) is 0 Å². The Morgan fingerprint density at radius 3 is 2.93 bits per heavy atom. The minimum atomic E-state index is -0.350. The Hall–Kier alpha value is -3.63. The first-order valence-electron chi connectivity index (χ1n) is 9.64. The van der Waals surface area contributed by atoms with Crippen LogP contribution in [0.5, 0.6) is 5.75 Å². The summed E-state index contributed by atoms with van der Waals surface area (Å²) in [6.07, 6.45) is 1.64. The van der Waals surface area contributed by atoms with Crippen LogP contribution in [0, 0.1) is 24.1 Å². The van der Waals surface area contributed by atoms with E-state index in [0.29, 0.717) is 24.5 Å². The van der Waals surface area contributed by atoms with Crippen molar-refractivity contribution in [1.29, 1.82) is 5.26 Å². The van der Waals surface area contributed by atoms with E-state index in [1.54, 1.807) is 19.2 Å². The zero-order valence-corrected chi connectivity index (χ0v) is 16.6. The van der Waals surface area contributed by atoms with Crippen molar-refractivity contribution in [1.82, 2.24) is 14.5 Å². The van der Waals surface area contributed by atoms with Gasteiger partial charge in [-0.1, -0.05) is 6.07 Å². The van der Waals surface area contributed by atoms with Crippen molar-refractivity contribution < 1.29 is 13.9 Å². The van der Waals surface area contributed by atoms with Crippen LogP contribution in [-0.4, -0.2) is 28.3 Å². The molecule has 1 aliphatic rings. The summed E-state index contributed by atoms with van der Waals surface area (Å²) >= 11 is 0. The van der Waals surface area contributed by atoms with Gasteiger partial charge in [-0.25, -0.2) is 9.37 Å². The number of aromatic nitrogens is 3. The summed E-state index contributed by atoms with van der Waals surface area (Å²) < 4.78 is 27.1. The Morgan fingerprint density at radius 1 is 1.30 bits per heavy atom. The average molecular weight is 402 g/mol. The van der Waals surface area contributed by atoms with Crippen LogP contribution in [-0.2, 0) is 11.3 Å². The van der Waals surface area contributed by atoms with Crippen LogP contribution in [0.4, 0.5) is 4.39 Å². The van der Waals surface area contributed by atoms with E-state index < -0.39 is 0 Å². The molecule has 0 aliphatic carbocycles. The first kappa shape index (κ1) is 18.4. The second-order valence-electron chi connectivity index (χ2n) is 7.33. The van der Waals surface area contributed by atoms with E-state index >= 15 is 0 Å². The van der Waals surface area contributed by atoms with E-state index in [1.807, 2.05) is 25.3 Å². The molecule has 0 bridgehead atoms. The Bertz CT molecular complexity index is 1310. The van der Waals surface area contributed by atoms with Crippen molar-refractivity contribution in [2.45, 2.75) is 19.6 Å². The Labute approximate surface area is 172 Å². The lowest BCUT2D eigenvalue weighted by molar-refractivity contribution is 0.0426. The number of halogens is 1. The summed E-state index contributed by atoms with van der Waals surface area (Å²) in [6, 6.07) is 12.4. The van der Waals surface area contributed by atoms with Crippen LogP contribution >= 0.6 is 0 Å². The molecular formula is C23H19FN4O2. The third kappa shape index (κ3) is 2.85. The van der Waals surface area contributed by atoms with Crippen molar-refractivity contribution in [3.05, 3.63) is 70.9 Å². The SMILES string of the molecule is COc1c(C#N)ccc2[nH]c(-c3cn4c(n3)C(c3ccc(F)cc3C)OCC4)cc12. The highest BCUT2D eigenvalue weighted by atomic mass is 19.1. The molecule has 0 saturated carbocycles. The number of ether oxygens (including phenoxy) is 2. The number of hydrogen-bond donors (Lipinski definition) is 1. The van der Waals surface area contributed by atoms with Gasteiger partial charge < -0.3 is 19.0 Å². The summed E-state index contributed by atoms with van der Waals surface area (Å²) in [6.45, 7) is 3.12. The van der Waals surface area contributed by atoms with Crippen molar-refractivity contribution in [3.8, 4) is 23.2 Å². The third-order valence-corrected chi connectivity index (χ3v) is 5.53. The Morgan fingerprint density at radius 2 is 2.17 bits per heavy atom. The minimum absolute atomic E-state index is 0.264. The maximum atomic E-state index is 13.6. The van der Waals surface area contributed by atoms with E-state index in [1.165, 1.54) is 12.1 Å². The van der Waals surface area contributed by atoms with E-state index in [4.69, 9.17) is 14.5 Å². The number of nitrogens with zero attached hydrogens (tertiary/aromatic N) is 3. The molecule has 0 radical (unpaired) electrons. The van der Waals surface area contributed by atoms with Crippen LogP contribution in [0.2, 0.25) is 0 Å². The molecule has 6 nitrogen and oxygen atoms in total. The molecule has 4 aromatic rings. The standard InChI is InChI=1S/C23H19FN4O2/c1-13-9-15(24)4-5-16(13)22-23-27-20(12-28(23)7-8-30-22)19-10-17-18(26-19)6-3-14(11-25)21(17)29-2/h3-6,9-10,12,22,26H,7-8H2,1-2H3. The van der Waals surface area contributed by atoms with Gasteiger partial charge in [0.05, 0.1) is 25.0 Å². The fraction of sp³-hybridized carbons (Fsp3) is 0.217. The van der Waals surface area contributed by atoms with E-state index in [2.05, 4.69) is 15.6 Å². The lowest BCUT2D eigenvalue weighted by Gasteiger charge is -2.25. The average Bonchev–Trinajstić information content (AvgIpc) is 3.37. The van der Waals surface area contributed by atoms with E-state index in [-0.39, 0.29) is 11.9 Å². The quantitative estimate of drug-likeness (QED) is 0.548. The van der Waals surface area contributed by atoms with E-state index in [0.717, 1.165) is 39.2 Å². The highest BCUT2D eigenvalue weighted by Crippen LogP contribution is 2.36. The normalized spacial score (nSPS) is 15.7. The molecule has 1 unspecified atom stereocenters. The molecular weight excluding hydrogens is 383 g/mol. The number of H-pyrrole nitrogens is 1. The predicted molar refractivity (Wildman–Crippen MR) is 110 cm³/mol. The summed E-state index contributed by atoms with van der Waals surface area (Å²) in [5.74, 6) is 1.07. The molecule has 1 atom stereocenters. The zero-order valence-electron chi connectivity index (χ0n) is 16.6. The molecule has 5 rings (SSSR count). The maximum Gasteiger partial charge on any atom is 0.146 e. The fourth-order valence-corrected chi connectivity index (χ4v) is 4.08. The smallest absolute Gasteiger partial charge is 0.146 e. The summed E-state index contributed by atoms with van der Waals surface area (Å²) in [5, 5.41) is 10.2. The molecule has 30 heavy (non-hydrogen) atoms. The van der Waals surface area contributed by atoms with Gasteiger partial charge in [0.15, 0.2) is 0 Å². The van der Waals surface area contributed by atoms with Crippen molar-refractivity contribution in [2.75, 3.05) is 13.7 Å². The Kier molecular flexibility index (Phi) is 4.30. The molecule has 1 aliphatic heterocycles. The van der Waals surface area contributed by atoms with Crippen molar-refractivity contribution >= 4 is 10.9 Å². The second kappa shape index (κ2) is 7.01. The lowest BCUT2D eigenvalue weighted by atomic mass is 10.0. The summed E-state index contributed by atoms with van der Waals surface area (Å²) in [4.78, 5) is 8.21. The Balaban J connectivity index is 1.60. The molecule has 0 fully saturated rings. The first-order valence-corrected chi connectivity index (χ1v) is 9.64. The van der Waals surface area contributed by atoms with Crippen molar-refractivity contribution in [2.24, 2.45) is 0 Å². The van der Waals surface area contributed by atoms with Gasteiger partial charge in [-0.3, -0.25) is 0 Å². The van der Waals surface area contributed by atoms with Gasteiger partial charge in [0, 0.05) is 23.6 Å².